The summed E-state index contributed by atoms with van der Waals surface area (Å²) in [5.41, 5.74) is 15.7. The van der Waals surface area contributed by atoms with Gasteiger partial charge in [0.25, 0.3) is 5.91 Å². The maximum atomic E-state index is 14.1. The van der Waals surface area contributed by atoms with E-state index < -0.39 is 86.6 Å². The van der Waals surface area contributed by atoms with E-state index in [4.69, 9.17) is 28.4 Å². The molecule has 2 atom stereocenters. The molecule has 16 nitrogen and oxygen atoms in total. The first-order valence-electron chi connectivity index (χ1n) is 30.2. The van der Waals surface area contributed by atoms with Crippen molar-refractivity contribution in [2.75, 3.05) is 21.8 Å². The molecule has 1 aliphatic carbocycles. The number of carbonyl (C=O) groups is 3. The third-order valence-corrected chi connectivity index (χ3v) is 21.4. The molecule has 26 heteroatoms. The number of aliphatic hydroxyl groups excluding tert-OH is 2. The number of halogens is 7. The Hall–Kier alpha value is -9.49. The zero-order valence-electron chi connectivity index (χ0n) is 55.5. The molecular formula is C73H73BrF6MgN10O6Si2. The van der Waals surface area contributed by atoms with Crippen molar-refractivity contribution in [2.24, 2.45) is 11.7 Å². The first kappa shape index (κ1) is 81.9. The van der Waals surface area contributed by atoms with Crippen molar-refractivity contribution >= 4 is 80.4 Å². The maximum Gasteiger partial charge on any atom is 2.00 e. The second-order valence-corrected chi connectivity index (χ2v) is 34.0. The number of amides is 1. The van der Waals surface area contributed by atoms with Gasteiger partial charge in [0.1, 0.15) is 69.3 Å². The number of aliphatic hydroxyl groups is 2. The van der Waals surface area contributed by atoms with Gasteiger partial charge in [-0.25, -0.2) is 45.3 Å². The Balaban J connectivity index is 0.000000271. The van der Waals surface area contributed by atoms with E-state index in [1.54, 1.807) is 98.8 Å². The van der Waals surface area contributed by atoms with Crippen LogP contribution in [0.25, 0.3) is 16.2 Å². The number of benzene rings is 8. The fraction of sp³-hybridized carbons (Fsp3) is 0.192. The van der Waals surface area contributed by atoms with Crippen molar-refractivity contribution in [1.29, 1.82) is 5.26 Å². The minimum absolute atomic E-state index is 0. The van der Waals surface area contributed by atoms with Gasteiger partial charge >= 0.3 is 29.0 Å². The zero-order chi connectivity index (χ0) is 71.3. The monoisotopic (exact) mass is 1460 g/mol. The Morgan fingerprint density at radius 1 is 0.687 bits per heavy atom. The third-order valence-electron chi connectivity index (χ3n) is 14.2. The summed E-state index contributed by atoms with van der Waals surface area (Å²) in [6.45, 7) is 26.1. The summed E-state index contributed by atoms with van der Waals surface area (Å²) in [6.07, 6.45) is 0.0180. The number of nitrogens with one attached hydrogen (secondary N) is 1. The summed E-state index contributed by atoms with van der Waals surface area (Å²) >= 11 is 0. The van der Waals surface area contributed by atoms with Crippen LogP contribution in [0, 0.1) is 78.6 Å². The van der Waals surface area contributed by atoms with Gasteiger partial charge < -0.3 is 53.3 Å². The topological polar surface area (TPSA) is 243 Å². The predicted octanol–water partition coefficient (Wildman–Crippen LogP) is 12.4. The average Bonchev–Trinajstić information content (AvgIpc) is 1.53. The zero-order valence-corrected chi connectivity index (χ0v) is 60.5. The number of carboxylic acids is 1. The summed E-state index contributed by atoms with van der Waals surface area (Å²) in [6, 6.07) is 52.5. The summed E-state index contributed by atoms with van der Waals surface area (Å²) in [5.74, 6) is -5.55. The Bertz CT molecular complexity index is 4370. The Morgan fingerprint density at radius 3 is 1.59 bits per heavy atom. The first-order chi connectivity index (χ1) is 46.0. The number of aromatic nitrogens is 4. The molecule has 8 N–H and O–H groups in total. The van der Waals surface area contributed by atoms with Crippen LogP contribution in [-0.2, 0) is 0 Å². The number of nitrogens with two attached hydrogens (primary N) is 2. The number of carboxylic acid groups (broad SMARTS) is 1. The second-order valence-electron chi connectivity index (χ2n) is 24.0. The fourth-order valence-corrected chi connectivity index (χ4v) is 19.9. The molecule has 1 saturated carbocycles. The number of aldehydes is 1. The van der Waals surface area contributed by atoms with Crippen LogP contribution in [0.5, 0.6) is 0 Å². The molecule has 2 aromatic heterocycles. The van der Waals surface area contributed by atoms with Gasteiger partial charge in [0.2, 0.25) is 0 Å². The van der Waals surface area contributed by atoms with E-state index in [2.05, 4.69) is 88.1 Å². The average molecular weight is 1460 g/mol. The Kier molecular flexibility index (Phi) is 31.5. The van der Waals surface area contributed by atoms with E-state index >= 15 is 0 Å². The Labute approximate surface area is 600 Å². The molecular weight excluding hydrogens is 1390 g/mol. The van der Waals surface area contributed by atoms with Crippen molar-refractivity contribution in [3.05, 3.63) is 297 Å². The van der Waals surface area contributed by atoms with Crippen LogP contribution in [0.2, 0.25) is 39.3 Å². The number of nitrogens with zero attached hydrogens (tertiary/aromatic N) is 7. The van der Waals surface area contributed by atoms with Crippen LogP contribution in [0.4, 0.5) is 49.1 Å². The standard InChI is InChI=1S/C25H18F2N4O2.C13H11F2NO.C12H9N3O2.C12H22NSi2.C7H4F2O.C4H9N.BrH.Mg/c1-15-12-22(31(30-15)19-9-4-7-17(14-19)28-2)25(33)29-18-8-3-6-16(13-18)24(32)23-20(26)10-5-11-21(23)27;14-10-5-2-6-11(15)12(10)13(17)8-3-1-4-9(16)7-8;1-8-5-11(12(16)17)15(14-8)10-4-2-3-9(6-10)7-13;1-14(2,3)13(15(4,5)6)12-10-8-7-9-11-12;8-6-2-1-3-7(9)5(6)4-10;5-3-4-1-2-4;;/h3-14,24,32H,1H3,(H,29,33);1-7,13,17H,16H2;2-6H,1H3,(H,16,17);7-8,10-11H,1-6H3;1-4H;4H,1-3,5H2;1H;/q;;;-1;;;;+2/p-1. The Morgan fingerprint density at radius 2 is 1.15 bits per heavy atom. The van der Waals surface area contributed by atoms with Crippen molar-refractivity contribution < 1.29 is 73.0 Å². The molecule has 2 unspecified atom stereocenters. The molecule has 510 valence electrons. The number of aryl methyl sites for hydroxylation is 2. The van der Waals surface area contributed by atoms with E-state index in [9.17, 15) is 50.9 Å². The second kappa shape index (κ2) is 38.0. The molecule has 8 aromatic carbocycles. The molecule has 10 aromatic rings. The van der Waals surface area contributed by atoms with E-state index in [0.29, 0.717) is 51.0 Å². The normalized spacial score (nSPS) is 11.7. The molecule has 0 spiro atoms. The van der Waals surface area contributed by atoms with Crippen molar-refractivity contribution in [1.82, 2.24) is 19.6 Å². The van der Waals surface area contributed by atoms with Crippen molar-refractivity contribution in [3.8, 4) is 17.4 Å². The number of anilines is 3. The van der Waals surface area contributed by atoms with Crippen molar-refractivity contribution in [2.45, 2.75) is 78.2 Å². The minimum atomic E-state index is -1.55. The van der Waals surface area contributed by atoms with Gasteiger partial charge in [-0.3, -0.25) is 9.59 Å². The summed E-state index contributed by atoms with van der Waals surface area (Å²) < 4.78 is 85.3. The molecule has 1 aliphatic rings. The molecule has 1 amide bonds. The van der Waals surface area contributed by atoms with Crippen LogP contribution >= 0.6 is 0 Å². The molecule has 1 fully saturated rings. The number of nitrogen functional groups attached to an aromatic ring is 1. The molecule has 0 bridgehead atoms. The predicted molar refractivity (Wildman–Crippen MR) is 374 cm³/mol. The minimum Gasteiger partial charge on any atom is -1.00 e. The summed E-state index contributed by atoms with van der Waals surface area (Å²) in [5, 5.41) is 49.5. The van der Waals surface area contributed by atoms with Crippen LogP contribution in [-0.4, -0.2) is 99.1 Å². The van der Waals surface area contributed by atoms with Crippen LogP contribution in [0.1, 0.15) is 95.6 Å². The number of hydrogen-bond donors (Lipinski definition) is 6. The fourth-order valence-electron chi connectivity index (χ4n) is 9.98. The molecule has 0 radical (unpaired) electrons. The number of rotatable bonds is 14. The number of nitriles is 1. The van der Waals surface area contributed by atoms with E-state index in [-0.39, 0.29) is 68.8 Å². The molecule has 2 heterocycles. The smallest absolute Gasteiger partial charge is 1.00 e. The molecule has 0 saturated heterocycles. The van der Waals surface area contributed by atoms with Crippen LogP contribution in [0.3, 0.4) is 0 Å². The van der Waals surface area contributed by atoms with Gasteiger partial charge in [-0.2, -0.15) is 45.8 Å². The van der Waals surface area contributed by atoms with Crippen LogP contribution in [0.15, 0.2) is 188 Å². The molecule has 11 rings (SSSR count). The summed E-state index contributed by atoms with van der Waals surface area (Å²) in [7, 11) is -2.58. The van der Waals surface area contributed by atoms with Gasteiger partial charge in [-0.05, 0) is 153 Å². The van der Waals surface area contributed by atoms with Crippen molar-refractivity contribution in [3.63, 3.8) is 0 Å². The van der Waals surface area contributed by atoms with Crippen LogP contribution < -0.4 is 38.0 Å². The SMILES string of the molecule is C[Si](C)(C)N(c1c[c-]ccc1)[Si](C)(C)C.Cc1cc(C(=O)O)n(-c2cccc(C#N)c2)n1.NCC1CC1.Nc1cccc(C(O)c2c(F)cccc2F)c1.O=Cc1c(F)cccc1F.[Br-].[C-]#[N+]c1cccc(-n2nc(C)cc2C(=O)Nc2cccc(C(O)c3c(F)cccc3F)c2)c1.[Mg+2]. The van der Waals surface area contributed by atoms with E-state index in [0.717, 1.165) is 48.9 Å². The largest absolute Gasteiger partial charge is 2.00 e. The molecule has 99 heavy (non-hydrogen) atoms. The van der Waals surface area contributed by atoms with E-state index in [1.807, 2.05) is 12.1 Å². The maximum absolute atomic E-state index is 14.1. The first-order valence-corrected chi connectivity index (χ1v) is 37.1. The van der Waals surface area contributed by atoms with Gasteiger partial charge in [-0.15, -0.1) is 0 Å². The number of hydrogen-bond acceptors (Lipinski definition) is 11. The number of carbonyl (C=O) groups excluding carboxylic acids is 2. The third kappa shape index (κ3) is 23.6. The number of aromatic carboxylic acids is 1. The van der Waals surface area contributed by atoms with Gasteiger partial charge in [0, 0.05) is 11.4 Å². The quantitative estimate of drug-likeness (QED) is 0.0196. The van der Waals surface area contributed by atoms with Gasteiger partial charge in [-0.1, -0.05) is 106 Å². The summed E-state index contributed by atoms with van der Waals surface area (Å²) in [4.78, 5) is 37.4. The van der Waals surface area contributed by atoms with E-state index in [1.165, 1.54) is 70.4 Å². The molecule has 0 aliphatic heterocycles. The van der Waals surface area contributed by atoms with Gasteiger partial charge in [0.15, 0.2) is 17.7 Å². The van der Waals surface area contributed by atoms with Gasteiger partial charge in [0.05, 0.1) is 57.7 Å².